The van der Waals surface area contributed by atoms with Crippen LogP contribution in [0.5, 0.6) is 5.75 Å². The molecule has 2 rings (SSSR count). The Balaban J connectivity index is 2.50. The van der Waals surface area contributed by atoms with Gasteiger partial charge in [-0.25, -0.2) is 4.98 Å². The summed E-state index contributed by atoms with van der Waals surface area (Å²) >= 11 is 0. The molecule has 0 saturated heterocycles. The second kappa shape index (κ2) is 5.44. The highest BCUT2D eigenvalue weighted by atomic mass is 16.5. The predicted molar refractivity (Wildman–Crippen MR) is 70.2 cm³/mol. The zero-order chi connectivity index (χ0) is 13.0. The molecule has 0 aliphatic heterocycles. The third-order valence-electron chi connectivity index (χ3n) is 2.44. The minimum absolute atomic E-state index is 0.239. The van der Waals surface area contributed by atoms with Gasteiger partial charge in [0.25, 0.3) is 0 Å². The smallest absolute Gasteiger partial charge is 0.223 e. The first-order chi connectivity index (χ1) is 8.74. The number of hydrogen-bond donors (Lipinski definition) is 1. The van der Waals surface area contributed by atoms with Crippen LogP contribution in [0.4, 0.5) is 5.95 Å². The standard InChI is InChI=1S/C13H16N4O/c1-3-11-15-12(17-13(14)16-11)9-7-5-6-8-10(9)18-4-2/h5-8H,3-4H2,1-2H3,(H2,14,15,16,17). The molecular weight excluding hydrogens is 228 g/mol. The van der Waals surface area contributed by atoms with Gasteiger partial charge in [0.15, 0.2) is 5.82 Å². The summed E-state index contributed by atoms with van der Waals surface area (Å²) in [7, 11) is 0. The molecule has 0 aliphatic rings. The predicted octanol–water partition coefficient (Wildman–Crippen LogP) is 2.08. The van der Waals surface area contributed by atoms with Crippen molar-refractivity contribution in [3.63, 3.8) is 0 Å². The van der Waals surface area contributed by atoms with E-state index < -0.39 is 0 Å². The summed E-state index contributed by atoms with van der Waals surface area (Å²) in [5, 5.41) is 0. The Labute approximate surface area is 106 Å². The molecule has 0 unspecified atom stereocenters. The van der Waals surface area contributed by atoms with E-state index in [9.17, 15) is 0 Å². The molecule has 2 aromatic rings. The maximum Gasteiger partial charge on any atom is 0.223 e. The molecule has 5 heteroatoms. The van der Waals surface area contributed by atoms with Crippen LogP contribution in [0.15, 0.2) is 24.3 Å². The molecule has 0 bridgehead atoms. The zero-order valence-corrected chi connectivity index (χ0v) is 10.6. The fourth-order valence-corrected chi connectivity index (χ4v) is 1.65. The van der Waals surface area contributed by atoms with E-state index in [1.165, 1.54) is 0 Å². The van der Waals surface area contributed by atoms with Gasteiger partial charge in [0, 0.05) is 6.42 Å². The molecule has 1 aromatic carbocycles. The summed E-state index contributed by atoms with van der Waals surface area (Å²) in [6.45, 7) is 4.52. The van der Waals surface area contributed by atoms with Crippen molar-refractivity contribution in [3.8, 4) is 17.1 Å². The Morgan fingerprint density at radius 2 is 1.89 bits per heavy atom. The fraction of sp³-hybridized carbons (Fsp3) is 0.308. The Bertz CT molecular complexity index is 542. The molecule has 5 nitrogen and oxygen atoms in total. The van der Waals surface area contributed by atoms with E-state index in [1.54, 1.807) is 0 Å². The molecule has 2 N–H and O–H groups in total. The normalized spacial score (nSPS) is 10.3. The second-order valence-corrected chi connectivity index (χ2v) is 3.72. The van der Waals surface area contributed by atoms with Crippen molar-refractivity contribution in [1.29, 1.82) is 0 Å². The van der Waals surface area contributed by atoms with Crippen LogP contribution >= 0.6 is 0 Å². The van der Waals surface area contributed by atoms with Crippen LogP contribution in [0.3, 0.4) is 0 Å². The van der Waals surface area contributed by atoms with Crippen molar-refractivity contribution in [2.75, 3.05) is 12.3 Å². The Morgan fingerprint density at radius 3 is 2.61 bits per heavy atom. The topological polar surface area (TPSA) is 73.9 Å². The molecule has 0 saturated carbocycles. The highest BCUT2D eigenvalue weighted by Crippen LogP contribution is 2.27. The first-order valence-electron chi connectivity index (χ1n) is 5.97. The zero-order valence-electron chi connectivity index (χ0n) is 10.6. The fourth-order valence-electron chi connectivity index (χ4n) is 1.65. The number of aromatic nitrogens is 3. The maximum absolute atomic E-state index is 5.69. The number of nitrogens with zero attached hydrogens (tertiary/aromatic N) is 3. The van der Waals surface area contributed by atoms with Crippen molar-refractivity contribution in [2.45, 2.75) is 20.3 Å². The van der Waals surface area contributed by atoms with Crippen LogP contribution in [0, 0.1) is 0 Å². The third kappa shape index (κ3) is 2.56. The third-order valence-corrected chi connectivity index (χ3v) is 2.44. The van der Waals surface area contributed by atoms with Crippen LogP contribution in [-0.4, -0.2) is 21.6 Å². The molecule has 18 heavy (non-hydrogen) atoms. The van der Waals surface area contributed by atoms with E-state index in [4.69, 9.17) is 10.5 Å². The number of aryl methyl sites for hydroxylation is 1. The van der Waals surface area contributed by atoms with Crippen LogP contribution < -0.4 is 10.5 Å². The van der Waals surface area contributed by atoms with E-state index >= 15 is 0 Å². The molecule has 0 fully saturated rings. The Kier molecular flexibility index (Phi) is 3.72. The second-order valence-electron chi connectivity index (χ2n) is 3.72. The summed E-state index contributed by atoms with van der Waals surface area (Å²) in [4.78, 5) is 12.6. The van der Waals surface area contributed by atoms with E-state index in [-0.39, 0.29) is 5.95 Å². The van der Waals surface area contributed by atoms with Gasteiger partial charge in [0.2, 0.25) is 5.95 Å². The van der Waals surface area contributed by atoms with Crippen molar-refractivity contribution in [3.05, 3.63) is 30.1 Å². The van der Waals surface area contributed by atoms with Crippen molar-refractivity contribution in [1.82, 2.24) is 15.0 Å². The number of rotatable bonds is 4. The first kappa shape index (κ1) is 12.3. The molecule has 0 atom stereocenters. The molecule has 0 aliphatic carbocycles. The summed E-state index contributed by atoms with van der Waals surface area (Å²) < 4.78 is 5.56. The number of nitrogen functional groups attached to an aromatic ring is 1. The monoisotopic (exact) mass is 244 g/mol. The lowest BCUT2D eigenvalue weighted by molar-refractivity contribution is 0.341. The average molecular weight is 244 g/mol. The highest BCUT2D eigenvalue weighted by molar-refractivity contribution is 5.64. The molecular formula is C13H16N4O. The van der Waals surface area contributed by atoms with Gasteiger partial charge in [-0.05, 0) is 19.1 Å². The number of para-hydroxylation sites is 1. The van der Waals surface area contributed by atoms with Gasteiger partial charge >= 0.3 is 0 Å². The lowest BCUT2D eigenvalue weighted by Crippen LogP contribution is -2.05. The molecule has 94 valence electrons. The van der Waals surface area contributed by atoms with E-state index in [2.05, 4.69) is 15.0 Å². The number of anilines is 1. The van der Waals surface area contributed by atoms with Gasteiger partial charge in [0.05, 0.1) is 12.2 Å². The SMILES string of the molecule is CCOc1ccccc1-c1nc(N)nc(CC)n1. The van der Waals surface area contributed by atoms with Gasteiger partial charge in [-0.2, -0.15) is 9.97 Å². The average Bonchev–Trinajstić information content (AvgIpc) is 2.39. The van der Waals surface area contributed by atoms with Gasteiger partial charge in [-0.1, -0.05) is 19.1 Å². The van der Waals surface area contributed by atoms with Crippen LogP contribution in [-0.2, 0) is 6.42 Å². The van der Waals surface area contributed by atoms with Crippen molar-refractivity contribution in [2.24, 2.45) is 0 Å². The number of benzene rings is 1. The van der Waals surface area contributed by atoms with E-state index in [0.29, 0.717) is 18.3 Å². The largest absolute Gasteiger partial charge is 0.493 e. The number of hydrogen-bond acceptors (Lipinski definition) is 5. The quantitative estimate of drug-likeness (QED) is 0.891. The summed E-state index contributed by atoms with van der Waals surface area (Å²) in [6.07, 6.45) is 0.719. The molecule has 0 amide bonds. The summed E-state index contributed by atoms with van der Waals surface area (Å²) in [5.41, 5.74) is 6.53. The van der Waals surface area contributed by atoms with Crippen LogP contribution in [0.1, 0.15) is 19.7 Å². The van der Waals surface area contributed by atoms with Crippen LogP contribution in [0.2, 0.25) is 0 Å². The lowest BCUT2D eigenvalue weighted by Gasteiger charge is -2.09. The van der Waals surface area contributed by atoms with Crippen LogP contribution in [0.25, 0.3) is 11.4 Å². The van der Waals surface area contributed by atoms with Crippen molar-refractivity contribution < 1.29 is 4.74 Å². The molecule has 0 spiro atoms. The first-order valence-corrected chi connectivity index (χ1v) is 5.97. The molecule has 1 heterocycles. The minimum atomic E-state index is 0.239. The van der Waals surface area contributed by atoms with Gasteiger partial charge in [-0.15, -0.1) is 0 Å². The van der Waals surface area contributed by atoms with Gasteiger partial charge in [0.1, 0.15) is 11.6 Å². The number of nitrogens with two attached hydrogens (primary N) is 1. The summed E-state index contributed by atoms with van der Waals surface area (Å²) in [6, 6.07) is 7.65. The lowest BCUT2D eigenvalue weighted by atomic mass is 10.2. The van der Waals surface area contributed by atoms with Gasteiger partial charge in [-0.3, -0.25) is 0 Å². The molecule has 1 aromatic heterocycles. The Hall–Kier alpha value is -2.17. The molecule has 0 radical (unpaired) electrons. The van der Waals surface area contributed by atoms with Crippen molar-refractivity contribution >= 4 is 5.95 Å². The maximum atomic E-state index is 5.69. The van der Waals surface area contributed by atoms with Gasteiger partial charge < -0.3 is 10.5 Å². The highest BCUT2D eigenvalue weighted by Gasteiger charge is 2.10. The minimum Gasteiger partial charge on any atom is -0.493 e. The summed E-state index contributed by atoms with van der Waals surface area (Å²) in [5.74, 6) is 2.24. The number of ether oxygens (including phenoxy) is 1. The van der Waals surface area contributed by atoms with E-state index in [0.717, 1.165) is 17.7 Å². The Morgan fingerprint density at radius 1 is 1.11 bits per heavy atom. The van der Waals surface area contributed by atoms with E-state index in [1.807, 2.05) is 38.1 Å².